The fraction of sp³-hybridized carbons (Fsp3) is 0.190. The number of aromatic hydroxyl groups is 4. The van der Waals surface area contributed by atoms with Gasteiger partial charge in [0.2, 0.25) is 0 Å². The molecule has 0 saturated heterocycles. The maximum atomic E-state index is 11.7. The standard InChI is InChI=1S/2C42H38N4O2.3Co.K.4HNO3.6H2O.H/c2*1-41(2,3)27-21-29(33-11-7-9-19-43-33)39(47)31(23-27)35-17-15-25-13-14-26-16-18-36(46-38(26)37(25)45-35)32-24-28(42(4,5)6)22-30(40(32)48)34-12-8-10-20-44-34;;;;;4*2-1(3)4;;;;;;;/h2*7-24,47-48H,1-6H3;;;;;4*(H,2,3,4);6*1H2;/q;;;;;+1;;;;;;;;;;;-1. The fourth-order valence-corrected chi connectivity index (χ4v) is 12.1. The van der Waals surface area contributed by atoms with Gasteiger partial charge in [0, 0.05) is 141 Å². The van der Waals surface area contributed by atoms with Crippen LogP contribution in [0.5, 0.6) is 23.0 Å². The molecule has 0 aliphatic heterocycles. The van der Waals surface area contributed by atoms with Gasteiger partial charge in [-0.25, -0.2) is 19.9 Å². The Kier molecular flexibility index (Phi) is 43.9. The van der Waals surface area contributed by atoms with Crippen LogP contribution in [0.2, 0.25) is 0 Å². The second-order valence-corrected chi connectivity index (χ2v) is 29.7. The van der Waals surface area contributed by atoms with E-state index in [1.165, 1.54) is 0 Å². The maximum absolute atomic E-state index is 11.7. The zero-order chi connectivity index (χ0) is 81.9. The Balaban J connectivity index is -0.00000185. The predicted octanol–water partition coefficient (Wildman–Crippen LogP) is 11.3. The number of hydrogen-bond donors (Lipinski definition) is 8. The van der Waals surface area contributed by atoms with Crippen LogP contribution in [0.15, 0.2) is 219 Å². The molecule has 14 aromatic rings. The minimum absolute atomic E-state index is 0. The van der Waals surface area contributed by atoms with Crippen molar-refractivity contribution in [2.45, 2.75) is 105 Å². The Bertz CT molecular complexity index is 5140. The van der Waals surface area contributed by atoms with Crippen molar-refractivity contribution in [3.63, 3.8) is 0 Å². The van der Waals surface area contributed by atoms with Gasteiger partial charge in [-0.3, -0.25) is 19.9 Å². The molecular weight excluding hydrogens is 1740 g/mol. The normalized spacial score (nSPS) is 10.3. The molecule has 0 bridgehead atoms. The molecule has 0 fully saturated rings. The van der Waals surface area contributed by atoms with Crippen LogP contribution in [-0.2, 0) is 72.0 Å². The molecule has 6 aromatic carbocycles. The summed E-state index contributed by atoms with van der Waals surface area (Å²) < 4.78 is 0. The minimum Gasteiger partial charge on any atom is -1.00 e. The van der Waals surface area contributed by atoms with Crippen molar-refractivity contribution in [2.75, 3.05) is 0 Å². The van der Waals surface area contributed by atoms with Crippen molar-refractivity contribution in [3.05, 3.63) is 282 Å². The van der Waals surface area contributed by atoms with E-state index in [0.717, 1.165) is 43.8 Å². The van der Waals surface area contributed by atoms with E-state index in [1.807, 2.05) is 194 Å². The smallest absolute Gasteiger partial charge is 1.00 e. The summed E-state index contributed by atoms with van der Waals surface area (Å²) in [6, 6.07) is 62.9. The van der Waals surface area contributed by atoms with Crippen molar-refractivity contribution in [1.29, 1.82) is 0 Å². The first-order valence-electron chi connectivity index (χ1n) is 34.6. The summed E-state index contributed by atoms with van der Waals surface area (Å²) in [7, 11) is 0. The second kappa shape index (κ2) is 47.6. The first-order valence-corrected chi connectivity index (χ1v) is 34.6. The Morgan fingerprint density at radius 1 is 0.262 bits per heavy atom. The van der Waals surface area contributed by atoms with E-state index in [1.54, 1.807) is 24.8 Å². The van der Waals surface area contributed by atoms with Gasteiger partial charge in [-0.15, -0.1) is 40.5 Å². The van der Waals surface area contributed by atoms with E-state index in [0.29, 0.717) is 112 Å². The van der Waals surface area contributed by atoms with Gasteiger partial charge in [-0.05, 0) is 165 Å². The van der Waals surface area contributed by atoms with Crippen LogP contribution in [0.1, 0.15) is 107 Å². The number of fused-ring (bicyclic) bond motifs is 6. The van der Waals surface area contributed by atoms with Gasteiger partial charge >= 0.3 is 51.4 Å². The fourth-order valence-electron chi connectivity index (χ4n) is 12.1. The van der Waals surface area contributed by atoms with E-state index in [-0.39, 0.29) is 181 Å². The van der Waals surface area contributed by atoms with E-state index >= 15 is 0 Å². The van der Waals surface area contributed by atoms with Crippen LogP contribution >= 0.6 is 0 Å². The largest absolute Gasteiger partial charge is 1.00 e. The average Bonchev–Trinajstić information content (AvgIpc) is 0.754. The molecule has 14 rings (SSSR count). The Morgan fingerprint density at radius 2 is 0.402 bits per heavy atom. The summed E-state index contributed by atoms with van der Waals surface area (Å²) in [6.07, 6.45) is 6.93. The molecule has 0 atom stereocenters. The van der Waals surface area contributed by atoms with E-state index in [2.05, 4.69) is 103 Å². The SMILES string of the molecule is CC(C)(C)c1cc(-c2ccccn2)c(O)c(-c2ccc3ccc4ccc(-c5cc(C(C)(C)C)cc(-c6ccccn6)c5O)nc4c3n2)c1.CC(C)(C)c1cc(-c2ccccn2)c(O)c(-c2ccc3ccc4ccc(-c5cc(C(C)(C)C)cc(-c6ccccn6)c5O)nc4c3n2)c1.O.O.O.O.O.O.O=[N+]([O-])O.O=[N+]([O-])O.O=[N+]([O-])O.O=[N+]([O-])O.[Co].[Co].[Co].[H-].[K+]. The zero-order valence-corrected chi connectivity index (χ0v) is 74.2. The quantitative estimate of drug-likeness (QED) is 0.0303. The average molecular weight is 1840 g/mol. The molecule has 3 radical (unpaired) electrons. The summed E-state index contributed by atoms with van der Waals surface area (Å²) in [4.78, 5) is 72.2. The van der Waals surface area contributed by atoms with Crippen LogP contribution in [0.25, 0.3) is 134 Å². The van der Waals surface area contributed by atoms with Gasteiger partial charge in [-0.2, -0.15) is 0 Å². The van der Waals surface area contributed by atoms with E-state index < -0.39 is 20.3 Å². The number of pyridine rings is 8. The third-order valence-corrected chi connectivity index (χ3v) is 17.8. The van der Waals surface area contributed by atoms with Gasteiger partial charge < -0.3 is 75.5 Å². The number of phenols is 4. The number of hydrogen-bond acceptors (Lipinski definition) is 20. The molecule has 8 heterocycles. The first-order chi connectivity index (χ1) is 52.7. The molecular formula is C84H93Co3KN12O22. The summed E-state index contributed by atoms with van der Waals surface area (Å²) in [5, 5.41) is 105. The number of phenolic OH excluding ortho intramolecular Hbond substituents is 4. The number of benzene rings is 6. The summed E-state index contributed by atoms with van der Waals surface area (Å²) in [6.45, 7) is 25.9. The Hall–Kier alpha value is -11.5. The van der Waals surface area contributed by atoms with Gasteiger partial charge in [-0.1, -0.05) is 156 Å². The molecule has 8 aromatic heterocycles. The van der Waals surface area contributed by atoms with Crippen LogP contribution in [0, 0.1) is 40.5 Å². The van der Waals surface area contributed by atoms with Gasteiger partial charge in [0.25, 0.3) is 20.3 Å². The Labute approximate surface area is 773 Å². The number of aromatic nitrogens is 8. The first kappa shape index (κ1) is 113. The number of rotatable bonds is 8. The van der Waals surface area contributed by atoms with Crippen molar-refractivity contribution < 1.29 is 198 Å². The van der Waals surface area contributed by atoms with E-state index in [9.17, 15) is 20.4 Å². The molecule has 0 spiro atoms. The van der Waals surface area contributed by atoms with Crippen molar-refractivity contribution >= 4 is 43.6 Å². The van der Waals surface area contributed by atoms with Crippen LogP contribution in [0.4, 0.5) is 0 Å². The molecule has 649 valence electrons. The van der Waals surface area contributed by atoms with Crippen molar-refractivity contribution in [1.82, 2.24) is 39.9 Å². The topological polar surface area (TPSA) is 627 Å². The maximum Gasteiger partial charge on any atom is 1.00 e. The van der Waals surface area contributed by atoms with Crippen LogP contribution < -0.4 is 51.4 Å². The Morgan fingerprint density at radius 3 is 0.533 bits per heavy atom. The summed E-state index contributed by atoms with van der Waals surface area (Å²) in [5.41, 5.74) is 16.9. The van der Waals surface area contributed by atoms with Gasteiger partial charge in [0.05, 0.1) is 67.6 Å². The molecule has 0 aliphatic rings. The zero-order valence-electron chi connectivity index (χ0n) is 69.0. The molecule has 0 saturated carbocycles. The molecule has 20 N–H and O–H groups in total. The molecule has 38 heteroatoms. The predicted molar refractivity (Wildman–Crippen MR) is 448 cm³/mol. The minimum atomic E-state index is -1.50. The molecule has 34 nitrogen and oxygen atoms in total. The van der Waals surface area contributed by atoms with Gasteiger partial charge in [0.15, 0.2) is 0 Å². The van der Waals surface area contributed by atoms with Crippen molar-refractivity contribution in [3.8, 4) is 113 Å². The summed E-state index contributed by atoms with van der Waals surface area (Å²) >= 11 is 0. The van der Waals surface area contributed by atoms with Crippen LogP contribution in [0.3, 0.4) is 0 Å². The van der Waals surface area contributed by atoms with Crippen LogP contribution in [-0.4, -0.2) is 134 Å². The van der Waals surface area contributed by atoms with E-state index in [4.69, 9.17) is 81.2 Å². The molecule has 0 aliphatic carbocycles. The monoisotopic (exact) mass is 1840 g/mol. The third-order valence-electron chi connectivity index (χ3n) is 17.8. The third kappa shape index (κ3) is 28.3. The van der Waals surface area contributed by atoms with Crippen molar-refractivity contribution in [2.24, 2.45) is 0 Å². The molecule has 0 amide bonds. The van der Waals surface area contributed by atoms with Gasteiger partial charge in [0.1, 0.15) is 23.0 Å². The number of nitrogens with zero attached hydrogens (tertiary/aromatic N) is 12. The molecule has 0 unspecified atom stereocenters. The second-order valence-electron chi connectivity index (χ2n) is 29.7. The molecule has 122 heavy (non-hydrogen) atoms. The summed E-state index contributed by atoms with van der Waals surface area (Å²) in [5.74, 6) is 0.531.